The van der Waals surface area contributed by atoms with E-state index in [1.54, 1.807) is 0 Å². The van der Waals surface area contributed by atoms with Crippen molar-refractivity contribution in [2.75, 3.05) is 13.1 Å². The molecule has 0 fully saturated rings. The molecule has 1 atom stereocenters. The van der Waals surface area contributed by atoms with Crippen molar-refractivity contribution in [2.24, 2.45) is 5.73 Å². The summed E-state index contributed by atoms with van der Waals surface area (Å²) in [7, 11) is 0. The van der Waals surface area contributed by atoms with E-state index in [2.05, 4.69) is 63.8 Å². The van der Waals surface area contributed by atoms with Crippen molar-refractivity contribution in [1.82, 2.24) is 4.90 Å². The maximum absolute atomic E-state index is 6.29. The first-order valence-corrected chi connectivity index (χ1v) is 7.05. The van der Waals surface area contributed by atoms with Crippen LogP contribution in [-0.2, 0) is 0 Å². The Morgan fingerprint density at radius 2 is 1.50 bits per heavy atom. The molecule has 0 bridgehead atoms. The van der Waals surface area contributed by atoms with E-state index in [1.807, 2.05) is 0 Å². The molecule has 1 rings (SSSR count). The lowest BCUT2D eigenvalue weighted by Crippen LogP contribution is -2.36. The molecule has 2 nitrogen and oxygen atoms in total. The second-order valence-corrected chi connectivity index (χ2v) is 5.61. The minimum absolute atomic E-state index is 0.105. The van der Waals surface area contributed by atoms with Crippen molar-refractivity contribution >= 4 is 0 Å². The van der Waals surface area contributed by atoms with Crippen LogP contribution in [0.3, 0.4) is 0 Å². The molecule has 0 amide bonds. The fourth-order valence-electron chi connectivity index (χ4n) is 2.19. The van der Waals surface area contributed by atoms with E-state index >= 15 is 0 Å². The summed E-state index contributed by atoms with van der Waals surface area (Å²) in [5.74, 6) is 0.582. The number of benzene rings is 1. The van der Waals surface area contributed by atoms with E-state index in [-0.39, 0.29) is 6.04 Å². The predicted octanol–water partition coefficient (Wildman–Crippen LogP) is 3.54. The van der Waals surface area contributed by atoms with Crippen LogP contribution >= 0.6 is 0 Å². The lowest BCUT2D eigenvalue weighted by molar-refractivity contribution is 0.220. The lowest BCUT2D eigenvalue weighted by Gasteiger charge is -2.28. The zero-order valence-corrected chi connectivity index (χ0v) is 12.5. The smallest absolute Gasteiger partial charge is 0.0424 e. The standard InChI is InChI=1S/C16H28N2/c1-6-18(13(4)5)11-16(17)15-9-7-14(8-10-15)12(2)3/h7-10,12-13,16H,6,11,17H2,1-5H3. The van der Waals surface area contributed by atoms with Gasteiger partial charge in [0.25, 0.3) is 0 Å². The van der Waals surface area contributed by atoms with Gasteiger partial charge in [-0.15, -0.1) is 0 Å². The van der Waals surface area contributed by atoms with Crippen LogP contribution in [0.4, 0.5) is 0 Å². The highest BCUT2D eigenvalue weighted by Gasteiger charge is 2.13. The number of nitrogens with two attached hydrogens (primary N) is 1. The molecule has 1 unspecified atom stereocenters. The summed E-state index contributed by atoms with van der Waals surface area (Å²) in [5.41, 5.74) is 8.91. The van der Waals surface area contributed by atoms with Crippen molar-refractivity contribution in [2.45, 2.75) is 52.6 Å². The molecule has 0 aliphatic carbocycles. The summed E-state index contributed by atoms with van der Waals surface area (Å²) in [6.07, 6.45) is 0. The van der Waals surface area contributed by atoms with Crippen molar-refractivity contribution in [3.63, 3.8) is 0 Å². The second kappa shape index (κ2) is 6.91. The predicted molar refractivity (Wildman–Crippen MR) is 79.8 cm³/mol. The van der Waals surface area contributed by atoms with Gasteiger partial charge in [-0.1, -0.05) is 45.0 Å². The van der Waals surface area contributed by atoms with Crippen LogP contribution in [0.25, 0.3) is 0 Å². The molecule has 18 heavy (non-hydrogen) atoms. The summed E-state index contributed by atoms with van der Waals surface area (Å²) >= 11 is 0. The highest BCUT2D eigenvalue weighted by atomic mass is 15.1. The molecule has 2 heteroatoms. The zero-order valence-electron chi connectivity index (χ0n) is 12.5. The molecule has 0 heterocycles. The summed E-state index contributed by atoms with van der Waals surface area (Å²) in [4.78, 5) is 2.40. The van der Waals surface area contributed by atoms with Crippen LogP contribution < -0.4 is 5.73 Å². The van der Waals surface area contributed by atoms with Gasteiger partial charge >= 0.3 is 0 Å². The SMILES string of the molecule is CCN(CC(N)c1ccc(C(C)C)cc1)C(C)C. The molecule has 0 spiro atoms. The lowest BCUT2D eigenvalue weighted by atomic mass is 9.99. The van der Waals surface area contributed by atoms with E-state index in [1.165, 1.54) is 11.1 Å². The molecule has 0 aliphatic heterocycles. The fourth-order valence-corrected chi connectivity index (χ4v) is 2.19. The molecule has 0 saturated heterocycles. The van der Waals surface area contributed by atoms with E-state index in [0.717, 1.165) is 13.1 Å². The first kappa shape index (κ1) is 15.2. The number of likely N-dealkylation sites (N-methyl/N-ethyl adjacent to an activating group) is 1. The van der Waals surface area contributed by atoms with Gasteiger partial charge in [0, 0.05) is 18.6 Å². The van der Waals surface area contributed by atoms with Gasteiger partial charge in [-0.2, -0.15) is 0 Å². The molecular formula is C16H28N2. The number of hydrogen-bond donors (Lipinski definition) is 1. The van der Waals surface area contributed by atoms with E-state index in [0.29, 0.717) is 12.0 Å². The van der Waals surface area contributed by atoms with Gasteiger partial charge in [-0.05, 0) is 37.4 Å². The van der Waals surface area contributed by atoms with Crippen LogP contribution in [0, 0.1) is 0 Å². The minimum Gasteiger partial charge on any atom is -0.323 e. The molecule has 0 saturated carbocycles. The van der Waals surface area contributed by atoms with Crippen molar-refractivity contribution in [3.05, 3.63) is 35.4 Å². The minimum atomic E-state index is 0.105. The fraction of sp³-hybridized carbons (Fsp3) is 0.625. The molecule has 0 aliphatic rings. The molecule has 1 aromatic carbocycles. The summed E-state index contributed by atoms with van der Waals surface area (Å²) < 4.78 is 0. The maximum Gasteiger partial charge on any atom is 0.0424 e. The van der Waals surface area contributed by atoms with Gasteiger partial charge < -0.3 is 5.73 Å². The van der Waals surface area contributed by atoms with Crippen LogP contribution in [0.15, 0.2) is 24.3 Å². The van der Waals surface area contributed by atoms with Gasteiger partial charge in [0.2, 0.25) is 0 Å². The van der Waals surface area contributed by atoms with E-state index in [9.17, 15) is 0 Å². The molecule has 102 valence electrons. The quantitative estimate of drug-likeness (QED) is 0.834. The highest BCUT2D eigenvalue weighted by molar-refractivity contribution is 5.26. The topological polar surface area (TPSA) is 29.3 Å². The van der Waals surface area contributed by atoms with E-state index in [4.69, 9.17) is 5.73 Å². The average molecular weight is 248 g/mol. The van der Waals surface area contributed by atoms with Gasteiger partial charge in [0.15, 0.2) is 0 Å². The van der Waals surface area contributed by atoms with Gasteiger partial charge in [-0.3, -0.25) is 4.90 Å². The zero-order chi connectivity index (χ0) is 13.7. The largest absolute Gasteiger partial charge is 0.323 e. The third-order valence-electron chi connectivity index (χ3n) is 3.60. The molecular weight excluding hydrogens is 220 g/mol. The van der Waals surface area contributed by atoms with Crippen molar-refractivity contribution < 1.29 is 0 Å². The normalized spacial score (nSPS) is 13.6. The second-order valence-electron chi connectivity index (χ2n) is 5.61. The van der Waals surface area contributed by atoms with Gasteiger partial charge in [0.1, 0.15) is 0 Å². The molecule has 1 aromatic rings. The number of hydrogen-bond acceptors (Lipinski definition) is 2. The van der Waals surface area contributed by atoms with Gasteiger partial charge in [-0.25, -0.2) is 0 Å². The summed E-state index contributed by atoms with van der Waals surface area (Å²) in [5, 5.41) is 0. The maximum atomic E-state index is 6.29. The molecule has 2 N–H and O–H groups in total. The van der Waals surface area contributed by atoms with Gasteiger partial charge in [0.05, 0.1) is 0 Å². The Morgan fingerprint density at radius 3 is 1.89 bits per heavy atom. The van der Waals surface area contributed by atoms with Crippen LogP contribution in [0.1, 0.15) is 57.7 Å². The first-order valence-electron chi connectivity index (χ1n) is 7.05. The van der Waals surface area contributed by atoms with Crippen LogP contribution in [-0.4, -0.2) is 24.0 Å². The average Bonchev–Trinajstić information content (AvgIpc) is 2.35. The third-order valence-corrected chi connectivity index (χ3v) is 3.60. The highest BCUT2D eigenvalue weighted by Crippen LogP contribution is 2.18. The monoisotopic (exact) mass is 248 g/mol. The Morgan fingerprint density at radius 1 is 1.00 bits per heavy atom. The Bertz CT molecular complexity index is 341. The summed E-state index contributed by atoms with van der Waals surface area (Å²) in [6.45, 7) is 13.0. The Kier molecular flexibility index (Phi) is 5.83. The van der Waals surface area contributed by atoms with E-state index < -0.39 is 0 Å². The first-order chi connectivity index (χ1) is 8.45. The van der Waals surface area contributed by atoms with Crippen molar-refractivity contribution in [1.29, 1.82) is 0 Å². The van der Waals surface area contributed by atoms with Crippen molar-refractivity contribution in [3.8, 4) is 0 Å². The number of nitrogens with zero attached hydrogens (tertiary/aromatic N) is 1. The molecule has 0 radical (unpaired) electrons. The number of rotatable bonds is 6. The third kappa shape index (κ3) is 4.11. The van der Waals surface area contributed by atoms with Crippen LogP contribution in [0.5, 0.6) is 0 Å². The molecule has 0 aromatic heterocycles. The summed E-state index contributed by atoms with van der Waals surface area (Å²) in [6, 6.07) is 9.41. The van der Waals surface area contributed by atoms with Crippen LogP contribution in [0.2, 0.25) is 0 Å². The Hall–Kier alpha value is -0.860. The Balaban J connectivity index is 2.69. The Labute approximate surface area is 112 Å².